The fourth-order valence-electron chi connectivity index (χ4n) is 2.08. The largest absolute Gasteiger partial charge is 0.399 e. The molecular weight excluding hydrogens is 238 g/mol. The van der Waals surface area contributed by atoms with Gasteiger partial charge in [0, 0.05) is 18.3 Å². The van der Waals surface area contributed by atoms with Crippen LogP contribution in [0.5, 0.6) is 0 Å². The number of amides is 1. The molecule has 0 aliphatic heterocycles. The maximum absolute atomic E-state index is 11.5. The zero-order valence-electron chi connectivity index (χ0n) is 9.74. The van der Waals surface area contributed by atoms with Crippen molar-refractivity contribution in [1.82, 2.24) is 0 Å². The summed E-state index contributed by atoms with van der Waals surface area (Å²) in [6.45, 7) is 2.84. The lowest BCUT2D eigenvalue weighted by Gasteiger charge is -2.26. The van der Waals surface area contributed by atoms with Gasteiger partial charge in [0.2, 0.25) is 0 Å². The molecule has 0 unspecified atom stereocenters. The van der Waals surface area contributed by atoms with E-state index in [0.29, 0.717) is 22.3 Å². The highest BCUT2D eigenvalue weighted by Gasteiger charge is 2.31. The van der Waals surface area contributed by atoms with Crippen LogP contribution in [0.1, 0.15) is 30.1 Å². The normalized spacial score (nSPS) is 14.7. The molecule has 5 heteroatoms. The molecule has 0 spiro atoms. The average Bonchev–Trinajstić information content (AvgIpc) is 3.05. The molecule has 1 aromatic carbocycles. The summed E-state index contributed by atoms with van der Waals surface area (Å²) in [7, 11) is 0. The highest BCUT2D eigenvalue weighted by atomic mass is 35.5. The highest BCUT2D eigenvalue weighted by molar-refractivity contribution is 6.34. The first kappa shape index (κ1) is 12.0. The summed E-state index contributed by atoms with van der Waals surface area (Å²) in [5.41, 5.74) is 12.7. The quantitative estimate of drug-likeness (QED) is 0.807. The third-order valence-corrected chi connectivity index (χ3v) is 3.25. The van der Waals surface area contributed by atoms with E-state index in [1.54, 1.807) is 12.1 Å². The number of hydrogen-bond donors (Lipinski definition) is 2. The van der Waals surface area contributed by atoms with E-state index in [4.69, 9.17) is 23.1 Å². The predicted molar refractivity (Wildman–Crippen MR) is 70.4 cm³/mol. The molecule has 92 valence electrons. The average molecular weight is 254 g/mol. The van der Waals surface area contributed by atoms with Crippen molar-refractivity contribution in [2.45, 2.75) is 25.8 Å². The number of benzene rings is 1. The van der Waals surface area contributed by atoms with E-state index in [1.807, 2.05) is 6.92 Å². The molecule has 4 nitrogen and oxygen atoms in total. The second kappa shape index (κ2) is 4.45. The van der Waals surface area contributed by atoms with Crippen LogP contribution in [-0.2, 0) is 0 Å². The van der Waals surface area contributed by atoms with Crippen LogP contribution in [0.25, 0.3) is 0 Å². The second-order valence-corrected chi connectivity index (χ2v) is 4.69. The summed E-state index contributed by atoms with van der Waals surface area (Å²) in [5, 5.41) is 0.493. The SMILES string of the molecule is CCN(c1c(Cl)cc(N)cc1C(N)=O)C1CC1. The Hall–Kier alpha value is -1.42. The number of primary amides is 1. The standard InChI is InChI=1S/C12H16ClN3O/c1-2-16(8-3-4-8)11-9(12(15)17)5-7(14)6-10(11)13/h5-6,8H,2-4,14H2,1H3,(H2,15,17). The van der Waals surface area contributed by atoms with Crippen LogP contribution in [0.2, 0.25) is 5.02 Å². The molecule has 1 aliphatic rings. The maximum atomic E-state index is 11.5. The molecule has 1 saturated carbocycles. The highest BCUT2D eigenvalue weighted by Crippen LogP contribution is 2.38. The lowest BCUT2D eigenvalue weighted by molar-refractivity contribution is 0.100. The van der Waals surface area contributed by atoms with E-state index in [1.165, 1.54) is 0 Å². The molecule has 1 amide bonds. The summed E-state index contributed by atoms with van der Waals surface area (Å²) in [6, 6.07) is 3.72. The number of rotatable bonds is 4. The van der Waals surface area contributed by atoms with Crippen molar-refractivity contribution >= 4 is 28.9 Å². The Kier molecular flexibility index (Phi) is 3.15. The fraction of sp³-hybridized carbons (Fsp3) is 0.417. The number of anilines is 2. The second-order valence-electron chi connectivity index (χ2n) is 4.28. The van der Waals surface area contributed by atoms with Crippen molar-refractivity contribution < 1.29 is 4.79 Å². The first-order valence-corrected chi connectivity index (χ1v) is 6.07. The first-order chi connectivity index (χ1) is 8.04. The van der Waals surface area contributed by atoms with E-state index in [-0.39, 0.29) is 0 Å². The fourth-order valence-corrected chi connectivity index (χ4v) is 2.42. The topological polar surface area (TPSA) is 72.3 Å². The molecule has 0 heterocycles. The van der Waals surface area contributed by atoms with Crippen molar-refractivity contribution in [3.63, 3.8) is 0 Å². The number of hydrogen-bond acceptors (Lipinski definition) is 3. The molecule has 0 saturated heterocycles. The third-order valence-electron chi connectivity index (χ3n) is 2.97. The molecule has 2 rings (SSSR count). The van der Waals surface area contributed by atoms with Crippen molar-refractivity contribution in [1.29, 1.82) is 0 Å². The van der Waals surface area contributed by atoms with Crippen LogP contribution in [0, 0.1) is 0 Å². The van der Waals surface area contributed by atoms with Gasteiger partial charge < -0.3 is 16.4 Å². The molecule has 17 heavy (non-hydrogen) atoms. The monoisotopic (exact) mass is 253 g/mol. The molecule has 1 aliphatic carbocycles. The molecule has 0 radical (unpaired) electrons. The van der Waals surface area contributed by atoms with Crippen LogP contribution in [0.15, 0.2) is 12.1 Å². The molecule has 1 fully saturated rings. The molecule has 0 bridgehead atoms. The van der Waals surface area contributed by atoms with Gasteiger partial charge in [-0.1, -0.05) is 11.6 Å². The maximum Gasteiger partial charge on any atom is 0.250 e. The summed E-state index contributed by atoms with van der Waals surface area (Å²) in [6.07, 6.45) is 2.26. The van der Waals surface area contributed by atoms with E-state index in [2.05, 4.69) is 4.90 Å². The number of nitrogens with two attached hydrogens (primary N) is 2. The van der Waals surface area contributed by atoms with Gasteiger partial charge in [0.1, 0.15) is 0 Å². The van der Waals surface area contributed by atoms with Gasteiger partial charge in [0.25, 0.3) is 5.91 Å². The minimum atomic E-state index is -0.492. The minimum Gasteiger partial charge on any atom is -0.399 e. The Morgan fingerprint density at radius 1 is 1.53 bits per heavy atom. The Bertz CT molecular complexity index is 457. The van der Waals surface area contributed by atoms with E-state index >= 15 is 0 Å². The van der Waals surface area contributed by atoms with Crippen molar-refractivity contribution in [3.05, 3.63) is 22.7 Å². The number of halogens is 1. The van der Waals surface area contributed by atoms with Gasteiger partial charge in [-0.05, 0) is 31.9 Å². The summed E-state index contributed by atoms with van der Waals surface area (Å²) >= 11 is 6.19. The number of nitrogen functional groups attached to an aromatic ring is 1. The van der Waals surface area contributed by atoms with E-state index in [9.17, 15) is 4.79 Å². The number of nitrogens with zero attached hydrogens (tertiary/aromatic N) is 1. The number of carbonyl (C=O) groups excluding carboxylic acids is 1. The molecule has 0 atom stereocenters. The van der Waals surface area contributed by atoms with Crippen LogP contribution in [0.4, 0.5) is 11.4 Å². The zero-order valence-corrected chi connectivity index (χ0v) is 10.5. The zero-order chi connectivity index (χ0) is 12.6. The summed E-state index contributed by atoms with van der Waals surface area (Å²) < 4.78 is 0. The van der Waals surface area contributed by atoms with E-state index in [0.717, 1.165) is 25.1 Å². The van der Waals surface area contributed by atoms with Crippen LogP contribution in [-0.4, -0.2) is 18.5 Å². The van der Waals surface area contributed by atoms with Crippen molar-refractivity contribution in [3.8, 4) is 0 Å². The molecular formula is C12H16ClN3O. The summed E-state index contributed by atoms with van der Waals surface area (Å²) in [4.78, 5) is 13.6. The lowest BCUT2D eigenvalue weighted by atomic mass is 10.1. The first-order valence-electron chi connectivity index (χ1n) is 5.70. The van der Waals surface area contributed by atoms with Gasteiger partial charge >= 0.3 is 0 Å². The number of carbonyl (C=O) groups is 1. The molecule has 4 N–H and O–H groups in total. The molecule has 1 aromatic rings. The minimum absolute atomic E-state index is 0.406. The Balaban J connectivity index is 2.53. The third kappa shape index (κ3) is 2.31. The Labute approximate surface area is 106 Å². The molecule has 0 aromatic heterocycles. The van der Waals surface area contributed by atoms with E-state index < -0.39 is 5.91 Å². The van der Waals surface area contributed by atoms with Crippen LogP contribution in [0.3, 0.4) is 0 Å². The Morgan fingerprint density at radius 2 is 2.18 bits per heavy atom. The van der Waals surface area contributed by atoms with Gasteiger partial charge in [0.05, 0.1) is 16.3 Å². The van der Waals surface area contributed by atoms with Crippen LogP contribution >= 0.6 is 11.6 Å². The summed E-state index contributed by atoms with van der Waals surface area (Å²) in [5.74, 6) is -0.492. The lowest BCUT2D eigenvalue weighted by Crippen LogP contribution is -2.28. The van der Waals surface area contributed by atoms with Gasteiger partial charge in [-0.3, -0.25) is 4.79 Å². The van der Waals surface area contributed by atoms with Gasteiger partial charge in [-0.15, -0.1) is 0 Å². The smallest absolute Gasteiger partial charge is 0.250 e. The Morgan fingerprint density at radius 3 is 2.65 bits per heavy atom. The van der Waals surface area contributed by atoms with Crippen molar-refractivity contribution in [2.24, 2.45) is 5.73 Å². The van der Waals surface area contributed by atoms with Crippen LogP contribution < -0.4 is 16.4 Å². The van der Waals surface area contributed by atoms with Gasteiger partial charge in [0.15, 0.2) is 0 Å². The predicted octanol–water partition coefficient (Wildman–Crippen LogP) is 2.01. The van der Waals surface area contributed by atoms with Gasteiger partial charge in [-0.2, -0.15) is 0 Å². The van der Waals surface area contributed by atoms with Crippen molar-refractivity contribution in [2.75, 3.05) is 17.2 Å². The van der Waals surface area contributed by atoms with Gasteiger partial charge in [-0.25, -0.2) is 0 Å².